The largest absolute Gasteiger partial charge is 0.565 e. The second-order valence-corrected chi connectivity index (χ2v) is 10.4. The number of hydrogen-bond acceptors (Lipinski definition) is 14. The highest BCUT2D eigenvalue weighted by Gasteiger charge is 2.41. The fourth-order valence-electron chi connectivity index (χ4n) is 6.89. The maximum absolute atomic E-state index is 6.13. The van der Waals surface area contributed by atoms with Gasteiger partial charge in [-0.15, -0.1) is 0 Å². The number of benzene rings is 4. The Hall–Kier alpha value is -4.49. The molecule has 14 nitrogen and oxygen atoms in total. The Morgan fingerprint density at radius 1 is 0.229 bits per heavy atom. The molecule has 0 radical (unpaired) electrons. The molecule has 0 saturated heterocycles. The van der Waals surface area contributed by atoms with Gasteiger partial charge in [0.25, 0.3) is 0 Å². The van der Waals surface area contributed by atoms with E-state index in [4.69, 9.17) is 55.9 Å². The molecule has 0 atom stereocenters. The molecule has 232 valence electrons. The van der Waals surface area contributed by atoms with Crippen molar-refractivity contribution in [1.29, 1.82) is 0 Å². The molecular formula is C20H28B14N2O12. The average molecular weight is 640 g/mol. The third-order valence-corrected chi connectivity index (χ3v) is 8.66. The second kappa shape index (κ2) is 13.6. The van der Waals surface area contributed by atoms with E-state index in [9.17, 15) is 0 Å². The van der Waals surface area contributed by atoms with Crippen molar-refractivity contribution in [2.45, 2.75) is 0 Å². The molecule has 0 spiro atoms. The summed E-state index contributed by atoms with van der Waals surface area (Å²) in [4.78, 5) is 3.93. The van der Waals surface area contributed by atoms with Crippen molar-refractivity contribution in [3.63, 3.8) is 0 Å². The summed E-state index contributed by atoms with van der Waals surface area (Å²) in [6, 6.07) is 0. The standard InChI is InChI=1S/C20H28B14N2O12/c21-35-5-1-3(13(41-27)19(47-33)17(45-31)9(1)37-23)11(39-25)15(43-29)7(5)36(22)8-6(35)2-4(12(40-26)16(8)44-30)14(42-28)20(48-34)18(46-32)10(2)38-24/h21-34H2. The molecule has 0 aromatic heterocycles. The van der Waals surface area contributed by atoms with Gasteiger partial charge in [0.15, 0.2) is 69.0 Å². The molecule has 0 bridgehead atoms. The zero-order chi connectivity index (χ0) is 35.2. The van der Waals surface area contributed by atoms with Crippen molar-refractivity contribution >= 4 is 157 Å². The van der Waals surface area contributed by atoms with Gasteiger partial charge in [-0.1, -0.05) is 0 Å². The van der Waals surface area contributed by atoms with Crippen LogP contribution in [0.15, 0.2) is 0 Å². The number of rotatable bonds is 12. The lowest BCUT2D eigenvalue weighted by Crippen LogP contribution is -2.29. The van der Waals surface area contributed by atoms with Crippen molar-refractivity contribution < 1.29 is 55.9 Å². The second-order valence-electron chi connectivity index (χ2n) is 10.4. The van der Waals surface area contributed by atoms with Crippen molar-refractivity contribution in [2.24, 2.45) is 0 Å². The van der Waals surface area contributed by atoms with Crippen LogP contribution in [0.3, 0.4) is 0 Å². The van der Waals surface area contributed by atoms with Crippen LogP contribution in [0.1, 0.15) is 0 Å². The van der Waals surface area contributed by atoms with E-state index in [1.54, 1.807) is 64.4 Å². The number of nitrogens with zero attached hydrogens (tertiary/aromatic N) is 2. The first-order valence-electron chi connectivity index (χ1n) is 14.6. The monoisotopic (exact) mass is 642 g/mol. The smallest absolute Gasteiger partial charge is 0.322 e. The minimum Gasteiger partial charge on any atom is -0.565 e. The third-order valence-electron chi connectivity index (χ3n) is 8.66. The molecule has 1 aliphatic heterocycles. The minimum absolute atomic E-state index is 0.317. The highest BCUT2D eigenvalue weighted by Crippen LogP contribution is 2.69. The predicted octanol–water partition coefficient (Wildman–Crippen LogP) is -9.20. The first-order chi connectivity index (χ1) is 23.2. The van der Waals surface area contributed by atoms with Gasteiger partial charge in [-0.3, -0.25) is 0 Å². The topological polar surface area (TPSA) is 117 Å². The maximum atomic E-state index is 6.13. The molecule has 4 aromatic rings. The van der Waals surface area contributed by atoms with Crippen LogP contribution in [0.4, 0.5) is 22.7 Å². The zero-order valence-corrected chi connectivity index (χ0v) is 29.8. The number of anilines is 4. The maximum Gasteiger partial charge on any atom is 0.322 e. The van der Waals surface area contributed by atoms with E-state index in [1.807, 2.05) is 25.6 Å². The summed E-state index contributed by atoms with van der Waals surface area (Å²) < 4.78 is 71.9. The summed E-state index contributed by atoms with van der Waals surface area (Å²) in [5, 5.41) is 2.24. The van der Waals surface area contributed by atoms with Crippen molar-refractivity contribution in [3.8, 4) is 69.0 Å². The van der Waals surface area contributed by atoms with Gasteiger partial charge in [0, 0.05) is 0 Å². The van der Waals surface area contributed by atoms with Gasteiger partial charge in [-0.25, -0.2) is 0 Å². The van der Waals surface area contributed by atoms with E-state index in [2.05, 4.69) is 0 Å². The Bertz CT molecular complexity index is 1810. The molecule has 1 heterocycles. The highest BCUT2D eigenvalue weighted by atomic mass is 16.5. The molecule has 0 unspecified atom stereocenters. The Labute approximate surface area is 290 Å². The van der Waals surface area contributed by atoms with Crippen LogP contribution in [0, 0.1) is 0 Å². The van der Waals surface area contributed by atoms with Crippen LogP contribution in [-0.2, 0) is 0 Å². The fraction of sp³-hybridized carbons (Fsp3) is 0. The Morgan fingerprint density at radius 3 is 0.646 bits per heavy atom. The van der Waals surface area contributed by atoms with Crippen LogP contribution in [0.5, 0.6) is 69.0 Å². The molecule has 0 aliphatic carbocycles. The van der Waals surface area contributed by atoms with E-state index in [1.165, 1.54) is 32.2 Å². The molecular weight excluding hydrogens is 612 g/mol. The molecule has 0 N–H and O–H groups in total. The van der Waals surface area contributed by atoms with E-state index < -0.39 is 0 Å². The zero-order valence-electron chi connectivity index (χ0n) is 29.8. The van der Waals surface area contributed by atoms with E-state index in [-0.39, 0.29) is 0 Å². The lowest BCUT2D eigenvalue weighted by Gasteiger charge is -2.42. The molecule has 0 saturated carbocycles. The first-order valence-corrected chi connectivity index (χ1v) is 14.6. The molecule has 4 aromatic carbocycles. The molecule has 5 rings (SSSR count). The van der Waals surface area contributed by atoms with Gasteiger partial charge < -0.3 is 65.5 Å². The van der Waals surface area contributed by atoms with Crippen LogP contribution in [0.25, 0.3) is 21.5 Å². The lowest BCUT2D eigenvalue weighted by molar-refractivity contribution is 0.483. The first kappa shape index (κ1) is 34.8. The summed E-state index contributed by atoms with van der Waals surface area (Å²) in [7, 11) is 22.4. The fourth-order valence-corrected chi connectivity index (χ4v) is 6.89. The summed E-state index contributed by atoms with van der Waals surface area (Å²) in [6.07, 6.45) is 0. The predicted molar refractivity (Wildman–Crippen MR) is 219 cm³/mol. The Kier molecular flexibility index (Phi) is 9.84. The normalized spacial score (nSPS) is 11.6. The van der Waals surface area contributed by atoms with Gasteiger partial charge in [-0.2, -0.15) is 0 Å². The molecule has 28 heteroatoms. The van der Waals surface area contributed by atoms with Crippen LogP contribution in [-0.4, -0.2) is 113 Å². The average Bonchev–Trinajstić information content (AvgIpc) is 3.12. The van der Waals surface area contributed by atoms with Gasteiger partial charge in [0.2, 0.25) is 16.0 Å². The van der Waals surface area contributed by atoms with Gasteiger partial charge in [0.05, 0.1) is 44.3 Å². The summed E-state index contributed by atoms with van der Waals surface area (Å²) in [5.74, 6) is 4.31. The molecule has 48 heavy (non-hydrogen) atoms. The van der Waals surface area contributed by atoms with Gasteiger partial charge in [0.1, 0.15) is 0 Å². The van der Waals surface area contributed by atoms with Crippen LogP contribution < -0.4 is 65.5 Å². The van der Waals surface area contributed by atoms with Crippen LogP contribution >= 0.6 is 0 Å². The van der Waals surface area contributed by atoms with E-state index in [0.29, 0.717) is 113 Å². The molecule has 0 fully saturated rings. The minimum atomic E-state index is 0.317. The van der Waals surface area contributed by atoms with Crippen LogP contribution in [0.2, 0.25) is 0 Å². The van der Waals surface area contributed by atoms with Gasteiger partial charge >= 0.3 is 96.6 Å². The van der Waals surface area contributed by atoms with Crippen molar-refractivity contribution in [3.05, 3.63) is 0 Å². The Balaban J connectivity index is 2.18. The lowest BCUT2D eigenvalue weighted by atomic mass is 9.89. The SMILES string of the molecule is BOc1c(OB)c(OB)c2c3c(c(OB)c(OB)c2c1OB)N(B)c1c(OB)c(OB)c2c(OB)c(OB)c(OB)c(OB)c2c1N3B. The summed E-state index contributed by atoms with van der Waals surface area (Å²) >= 11 is 0. The summed E-state index contributed by atoms with van der Waals surface area (Å²) in [6.45, 7) is 0. The Morgan fingerprint density at radius 2 is 0.417 bits per heavy atom. The highest BCUT2D eigenvalue weighted by molar-refractivity contribution is 6.41. The van der Waals surface area contributed by atoms with Gasteiger partial charge in [-0.05, 0) is 0 Å². The van der Waals surface area contributed by atoms with E-state index >= 15 is 0 Å². The van der Waals surface area contributed by atoms with E-state index in [0.717, 1.165) is 0 Å². The molecule has 1 aliphatic rings. The summed E-state index contributed by atoms with van der Waals surface area (Å²) in [5.41, 5.74) is 2.54. The van der Waals surface area contributed by atoms with Crippen molar-refractivity contribution in [1.82, 2.24) is 0 Å². The number of hydrogen-bond donors (Lipinski definition) is 0. The molecule has 0 amide bonds. The quantitative estimate of drug-likeness (QED) is 0.137. The van der Waals surface area contributed by atoms with Crippen molar-refractivity contribution in [2.75, 3.05) is 9.62 Å². The third kappa shape index (κ3) is 4.47. The number of fused-ring (bicyclic) bond motifs is 6.